The summed E-state index contributed by atoms with van der Waals surface area (Å²) in [5, 5.41) is 3.29. The highest BCUT2D eigenvalue weighted by molar-refractivity contribution is 5.85. The summed E-state index contributed by atoms with van der Waals surface area (Å²) in [4.78, 5) is 14.0. The fourth-order valence-corrected chi connectivity index (χ4v) is 2.37. The number of rotatable bonds is 2. The number of carbonyl (C=O) groups is 1. The summed E-state index contributed by atoms with van der Waals surface area (Å²) in [6.45, 7) is 3.40. The van der Waals surface area contributed by atoms with Gasteiger partial charge < -0.3 is 15.0 Å². The molecule has 2 fully saturated rings. The Bertz CT molecular complexity index is 226. The lowest BCUT2D eigenvalue weighted by atomic mass is 10.00. The summed E-state index contributed by atoms with van der Waals surface area (Å²) in [5.41, 5.74) is 0. The molecule has 2 aliphatic rings. The molecule has 0 saturated carbocycles. The normalized spacial score (nSPS) is 29.6. The number of likely N-dealkylation sites (N-methyl/N-ethyl adjacent to an activating group) is 1. The van der Waals surface area contributed by atoms with E-state index in [2.05, 4.69) is 5.32 Å². The van der Waals surface area contributed by atoms with Crippen molar-refractivity contribution in [2.75, 3.05) is 33.4 Å². The monoisotopic (exact) mass is 248 g/mol. The molecule has 2 atom stereocenters. The highest BCUT2D eigenvalue weighted by Gasteiger charge is 2.29. The molecule has 5 heteroatoms. The molecule has 2 aliphatic heterocycles. The van der Waals surface area contributed by atoms with Crippen molar-refractivity contribution in [1.82, 2.24) is 10.2 Å². The van der Waals surface area contributed by atoms with Crippen molar-refractivity contribution in [2.45, 2.75) is 25.3 Å². The molecule has 94 valence electrons. The number of nitrogens with one attached hydrogen (secondary N) is 1. The molecule has 2 saturated heterocycles. The molecule has 0 spiro atoms. The van der Waals surface area contributed by atoms with Crippen LogP contribution in [0.1, 0.15) is 19.3 Å². The highest BCUT2D eigenvalue weighted by Crippen LogP contribution is 2.18. The maximum absolute atomic E-state index is 12.1. The maximum Gasteiger partial charge on any atom is 0.228 e. The van der Waals surface area contributed by atoms with Crippen LogP contribution in [0.5, 0.6) is 0 Å². The third-order valence-electron chi connectivity index (χ3n) is 3.44. The van der Waals surface area contributed by atoms with E-state index in [1.807, 2.05) is 11.9 Å². The summed E-state index contributed by atoms with van der Waals surface area (Å²) in [6.07, 6.45) is 3.09. The van der Waals surface area contributed by atoms with E-state index < -0.39 is 0 Å². The Balaban J connectivity index is 0.00000128. The van der Waals surface area contributed by atoms with Crippen molar-refractivity contribution in [3.63, 3.8) is 0 Å². The van der Waals surface area contributed by atoms with Crippen LogP contribution in [0.2, 0.25) is 0 Å². The fourth-order valence-electron chi connectivity index (χ4n) is 2.37. The van der Waals surface area contributed by atoms with Crippen LogP contribution in [0.3, 0.4) is 0 Å². The fraction of sp³-hybridized carbons (Fsp3) is 0.909. The number of halogens is 1. The number of carbonyl (C=O) groups excluding carboxylic acids is 1. The number of hydrogen-bond donors (Lipinski definition) is 1. The molecular formula is C11H21ClN2O2. The van der Waals surface area contributed by atoms with Crippen LogP contribution in [0, 0.1) is 5.92 Å². The van der Waals surface area contributed by atoms with Crippen LogP contribution < -0.4 is 5.32 Å². The third kappa shape index (κ3) is 3.09. The molecule has 2 heterocycles. The maximum atomic E-state index is 12.1. The molecule has 0 bridgehead atoms. The van der Waals surface area contributed by atoms with Crippen LogP contribution in [-0.2, 0) is 9.53 Å². The lowest BCUT2D eigenvalue weighted by Gasteiger charge is -2.30. The average molecular weight is 249 g/mol. The van der Waals surface area contributed by atoms with Gasteiger partial charge in [0, 0.05) is 26.2 Å². The van der Waals surface area contributed by atoms with E-state index in [0.717, 1.165) is 39.0 Å². The minimum Gasteiger partial charge on any atom is -0.381 e. The van der Waals surface area contributed by atoms with Crippen molar-refractivity contribution >= 4 is 18.3 Å². The van der Waals surface area contributed by atoms with Crippen LogP contribution in [0.25, 0.3) is 0 Å². The molecule has 0 aromatic heterocycles. The molecule has 2 rings (SSSR count). The first kappa shape index (κ1) is 13.7. The average Bonchev–Trinajstić information content (AvgIpc) is 2.82. The van der Waals surface area contributed by atoms with Crippen LogP contribution in [0.15, 0.2) is 0 Å². The predicted octanol–water partition coefficient (Wildman–Crippen LogP) is 0.655. The quantitative estimate of drug-likeness (QED) is 0.781. The summed E-state index contributed by atoms with van der Waals surface area (Å²) < 4.78 is 5.35. The summed E-state index contributed by atoms with van der Waals surface area (Å²) in [7, 11) is 1.93. The zero-order valence-electron chi connectivity index (χ0n) is 9.78. The van der Waals surface area contributed by atoms with Crippen molar-refractivity contribution in [3.05, 3.63) is 0 Å². The highest BCUT2D eigenvalue weighted by atomic mass is 35.5. The predicted molar refractivity (Wildman–Crippen MR) is 64.8 cm³/mol. The Kier molecular flexibility index (Phi) is 5.52. The first-order valence-electron chi connectivity index (χ1n) is 5.84. The van der Waals surface area contributed by atoms with Crippen molar-refractivity contribution in [1.29, 1.82) is 0 Å². The number of hydrogen-bond acceptors (Lipinski definition) is 3. The van der Waals surface area contributed by atoms with E-state index >= 15 is 0 Å². The molecule has 0 aliphatic carbocycles. The van der Waals surface area contributed by atoms with Gasteiger partial charge in [-0.2, -0.15) is 0 Å². The van der Waals surface area contributed by atoms with E-state index in [-0.39, 0.29) is 24.2 Å². The Morgan fingerprint density at radius 2 is 2.25 bits per heavy atom. The molecule has 0 aromatic carbocycles. The number of nitrogens with zero attached hydrogens (tertiary/aromatic N) is 1. The molecule has 4 nitrogen and oxygen atoms in total. The van der Waals surface area contributed by atoms with Gasteiger partial charge in [-0.1, -0.05) is 0 Å². The standard InChI is InChI=1S/C11H20N2O2.ClH/c1-13(10-4-5-12-7-10)11(14)9-3-2-6-15-8-9;/h9-10,12H,2-8H2,1H3;1H/t9?,10-;/m1./s1. The Hall–Kier alpha value is -0.320. The summed E-state index contributed by atoms with van der Waals surface area (Å²) in [6, 6.07) is 0.388. The van der Waals surface area contributed by atoms with Crippen molar-refractivity contribution in [2.24, 2.45) is 5.92 Å². The smallest absolute Gasteiger partial charge is 0.228 e. The summed E-state index contributed by atoms with van der Waals surface area (Å²) in [5.74, 6) is 0.368. The van der Waals surface area contributed by atoms with Gasteiger partial charge in [-0.25, -0.2) is 0 Å². The Labute approximate surface area is 103 Å². The van der Waals surface area contributed by atoms with E-state index in [1.54, 1.807) is 0 Å². The largest absolute Gasteiger partial charge is 0.381 e. The Morgan fingerprint density at radius 1 is 1.44 bits per heavy atom. The minimum absolute atomic E-state index is 0. The molecule has 16 heavy (non-hydrogen) atoms. The van der Waals surface area contributed by atoms with Crippen molar-refractivity contribution in [3.8, 4) is 0 Å². The van der Waals surface area contributed by atoms with E-state index in [0.29, 0.717) is 12.6 Å². The SMILES string of the molecule is CN(C(=O)C1CCCOC1)[C@@H]1CCNC1.Cl. The molecule has 0 radical (unpaired) electrons. The summed E-state index contributed by atoms with van der Waals surface area (Å²) >= 11 is 0. The first-order chi connectivity index (χ1) is 7.29. The van der Waals surface area contributed by atoms with Gasteiger partial charge >= 0.3 is 0 Å². The van der Waals surface area contributed by atoms with Gasteiger partial charge in [-0.05, 0) is 25.8 Å². The van der Waals surface area contributed by atoms with E-state index in [1.165, 1.54) is 0 Å². The van der Waals surface area contributed by atoms with Gasteiger partial charge in [0.05, 0.1) is 12.5 Å². The van der Waals surface area contributed by atoms with E-state index in [9.17, 15) is 4.79 Å². The van der Waals surface area contributed by atoms with Gasteiger partial charge in [-0.15, -0.1) is 12.4 Å². The lowest BCUT2D eigenvalue weighted by Crippen LogP contribution is -2.43. The number of amides is 1. The topological polar surface area (TPSA) is 41.6 Å². The van der Waals surface area contributed by atoms with Gasteiger partial charge in [0.2, 0.25) is 5.91 Å². The zero-order valence-corrected chi connectivity index (χ0v) is 10.6. The molecular weight excluding hydrogens is 228 g/mol. The van der Waals surface area contributed by atoms with Crippen LogP contribution >= 0.6 is 12.4 Å². The molecule has 1 amide bonds. The molecule has 1 N–H and O–H groups in total. The van der Waals surface area contributed by atoms with Gasteiger partial charge in [0.15, 0.2) is 0 Å². The Morgan fingerprint density at radius 3 is 2.81 bits per heavy atom. The minimum atomic E-state index is 0. The van der Waals surface area contributed by atoms with E-state index in [4.69, 9.17) is 4.74 Å². The van der Waals surface area contributed by atoms with Gasteiger partial charge in [0.25, 0.3) is 0 Å². The van der Waals surface area contributed by atoms with Crippen LogP contribution in [-0.4, -0.2) is 50.2 Å². The molecule has 1 unspecified atom stereocenters. The van der Waals surface area contributed by atoms with Crippen molar-refractivity contribution < 1.29 is 9.53 Å². The zero-order chi connectivity index (χ0) is 10.7. The third-order valence-corrected chi connectivity index (χ3v) is 3.44. The second-order valence-electron chi connectivity index (χ2n) is 4.51. The lowest BCUT2D eigenvalue weighted by molar-refractivity contribution is -0.140. The second-order valence-corrected chi connectivity index (χ2v) is 4.51. The first-order valence-corrected chi connectivity index (χ1v) is 5.84. The van der Waals surface area contributed by atoms with Crippen LogP contribution in [0.4, 0.5) is 0 Å². The second kappa shape index (κ2) is 6.42. The van der Waals surface area contributed by atoms with Gasteiger partial charge in [-0.3, -0.25) is 4.79 Å². The van der Waals surface area contributed by atoms with Gasteiger partial charge in [0.1, 0.15) is 0 Å². The number of ether oxygens (including phenoxy) is 1. The molecule has 0 aromatic rings.